The first-order valence-electron chi connectivity index (χ1n) is 10.7. The molecule has 0 atom stereocenters. The van der Waals surface area contributed by atoms with Gasteiger partial charge in [0.15, 0.2) is 0 Å². The summed E-state index contributed by atoms with van der Waals surface area (Å²) in [5.41, 5.74) is 2.41. The van der Waals surface area contributed by atoms with Crippen LogP contribution >= 0.6 is 0 Å². The van der Waals surface area contributed by atoms with Gasteiger partial charge in [0.25, 0.3) is 0 Å². The second kappa shape index (κ2) is 9.80. The highest BCUT2D eigenvalue weighted by Gasteiger charge is 2.30. The number of nitrogens with zero attached hydrogens (tertiary/aromatic N) is 3. The van der Waals surface area contributed by atoms with Gasteiger partial charge in [-0.1, -0.05) is 30.3 Å². The maximum atomic E-state index is 12.6. The van der Waals surface area contributed by atoms with Crippen LogP contribution in [0, 0.1) is 0 Å². The molecule has 3 heterocycles. The number of rotatable bonds is 7. The summed E-state index contributed by atoms with van der Waals surface area (Å²) in [5.74, 6) is -0.718. The van der Waals surface area contributed by atoms with Crippen LogP contribution in [0.4, 0.5) is 13.2 Å². The lowest BCUT2D eigenvalue weighted by Gasteiger charge is -2.23. The molecule has 1 fully saturated rings. The smallest absolute Gasteiger partial charge is 0.406 e. The third-order valence-corrected chi connectivity index (χ3v) is 5.56. The standard InChI is InChI=1S/C23H25F3N4O3/c24-23(25,26)15-30-21(31)14-29(22(30)32)13-16-4-6-17(7-5-16)20-3-1-2-19(28-20)12-27-18-8-10-33-11-9-18/h1-7,14,18,27,31H,8-13,15H2. The first-order chi connectivity index (χ1) is 15.8. The molecular weight excluding hydrogens is 437 g/mol. The van der Waals surface area contributed by atoms with E-state index in [0.29, 0.717) is 22.7 Å². The summed E-state index contributed by atoms with van der Waals surface area (Å²) in [7, 11) is 0. The van der Waals surface area contributed by atoms with Crippen molar-refractivity contribution in [3.05, 3.63) is 70.4 Å². The Labute approximate surface area is 188 Å². The van der Waals surface area contributed by atoms with Crippen LogP contribution in [0.25, 0.3) is 11.3 Å². The molecule has 33 heavy (non-hydrogen) atoms. The predicted octanol–water partition coefficient (Wildman–Crippen LogP) is 3.30. The molecule has 7 nitrogen and oxygen atoms in total. The van der Waals surface area contributed by atoms with Crippen molar-refractivity contribution in [2.75, 3.05) is 13.2 Å². The predicted molar refractivity (Wildman–Crippen MR) is 116 cm³/mol. The maximum absolute atomic E-state index is 12.6. The monoisotopic (exact) mass is 462 g/mol. The van der Waals surface area contributed by atoms with Crippen LogP contribution in [-0.4, -0.2) is 44.7 Å². The van der Waals surface area contributed by atoms with E-state index in [1.807, 2.05) is 30.3 Å². The van der Waals surface area contributed by atoms with Crippen molar-refractivity contribution in [3.8, 4) is 17.1 Å². The quantitative estimate of drug-likeness (QED) is 0.563. The molecule has 0 radical (unpaired) electrons. The highest BCUT2D eigenvalue weighted by molar-refractivity contribution is 5.59. The van der Waals surface area contributed by atoms with Gasteiger partial charge in [-0.15, -0.1) is 0 Å². The number of aromatic hydroxyl groups is 1. The fraction of sp³-hybridized carbons (Fsp3) is 0.391. The van der Waals surface area contributed by atoms with E-state index >= 15 is 0 Å². The zero-order valence-electron chi connectivity index (χ0n) is 17.9. The van der Waals surface area contributed by atoms with Crippen LogP contribution in [-0.2, 0) is 24.4 Å². The van der Waals surface area contributed by atoms with Crippen LogP contribution in [0.15, 0.2) is 53.5 Å². The molecule has 0 aliphatic carbocycles. The molecule has 10 heteroatoms. The van der Waals surface area contributed by atoms with Crippen LogP contribution in [0.5, 0.6) is 5.88 Å². The van der Waals surface area contributed by atoms with E-state index in [-0.39, 0.29) is 6.54 Å². The Morgan fingerprint density at radius 2 is 1.85 bits per heavy atom. The fourth-order valence-corrected chi connectivity index (χ4v) is 3.83. The van der Waals surface area contributed by atoms with E-state index in [9.17, 15) is 23.1 Å². The van der Waals surface area contributed by atoms with Gasteiger partial charge in [0.1, 0.15) is 6.54 Å². The molecule has 4 rings (SSSR count). The summed E-state index contributed by atoms with van der Waals surface area (Å²) in [5, 5.41) is 13.2. The molecule has 0 spiro atoms. The number of pyridine rings is 1. The number of nitrogens with one attached hydrogen (secondary N) is 1. The van der Waals surface area contributed by atoms with Gasteiger partial charge in [0, 0.05) is 31.4 Å². The lowest BCUT2D eigenvalue weighted by atomic mass is 10.1. The Morgan fingerprint density at radius 1 is 1.12 bits per heavy atom. The molecule has 2 aromatic heterocycles. The van der Waals surface area contributed by atoms with Crippen molar-refractivity contribution in [1.82, 2.24) is 19.4 Å². The van der Waals surface area contributed by atoms with Gasteiger partial charge in [-0.25, -0.2) is 4.79 Å². The lowest BCUT2D eigenvalue weighted by Crippen LogP contribution is -2.34. The average Bonchev–Trinajstić information content (AvgIpc) is 3.05. The number of alkyl halides is 3. The Balaban J connectivity index is 1.42. The second-order valence-corrected chi connectivity index (χ2v) is 8.08. The lowest BCUT2D eigenvalue weighted by molar-refractivity contribution is -0.142. The van der Waals surface area contributed by atoms with E-state index in [0.717, 1.165) is 53.8 Å². The molecule has 0 bridgehead atoms. The second-order valence-electron chi connectivity index (χ2n) is 8.08. The van der Waals surface area contributed by atoms with E-state index < -0.39 is 24.3 Å². The number of ether oxygens (including phenoxy) is 1. The van der Waals surface area contributed by atoms with Crippen LogP contribution < -0.4 is 11.0 Å². The van der Waals surface area contributed by atoms with Gasteiger partial charge in [-0.2, -0.15) is 13.2 Å². The zero-order chi connectivity index (χ0) is 23.4. The Kier molecular flexibility index (Phi) is 6.85. The molecule has 0 unspecified atom stereocenters. The van der Waals surface area contributed by atoms with Crippen molar-refractivity contribution in [3.63, 3.8) is 0 Å². The fourth-order valence-electron chi connectivity index (χ4n) is 3.83. The molecule has 1 saturated heterocycles. The summed E-state index contributed by atoms with van der Waals surface area (Å²) in [6.45, 7) is 0.722. The molecule has 1 aromatic carbocycles. The highest BCUT2D eigenvalue weighted by atomic mass is 19.4. The normalized spacial score (nSPS) is 15.1. The van der Waals surface area contributed by atoms with Gasteiger partial charge >= 0.3 is 11.9 Å². The summed E-state index contributed by atoms with van der Waals surface area (Å²) >= 11 is 0. The SMILES string of the molecule is O=c1n(Cc2ccc(-c3cccc(CNC4CCOCC4)n3)cc2)cc(O)n1CC(F)(F)F. The topological polar surface area (TPSA) is 81.3 Å². The summed E-state index contributed by atoms with van der Waals surface area (Å²) in [6, 6.07) is 13.5. The minimum Gasteiger partial charge on any atom is -0.493 e. The van der Waals surface area contributed by atoms with Crippen molar-refractivity contribution >= 4 is 0 Å². The minimum atomic E-state index is -4.60. The largest absolute Gasteiger partial charge is 0.493 e. The third kappa shape index (κ3) is 6.02. The van der Waals surface area contributed by atoms with Crippen molar-refractivity contribution in [2.24, 2.45) is 0 Å². The van der Waals surface area contributed by atoms with Gasteiger partial charge in [0.2, 0.25) is 5.88 Å². The third-order valence-electron chi connectivity index (χ3n) is 5.56. The van der Waals surface area contributed by atoms with E-state index in [2.05, 4.69) is 5.32 Å². The first kappa shape index (κ1) is 23.1. The molecule has 3 aromatic rings. The summed E-state index contributed by atoms with van der Waals surface area (Å²) in [4.78, 5) is 16.9. The molecule has 176 valence electrons. The van der Waals surface area contributed by atoms with E-state index in [1.165, 1.54) is 0 Å². The van der Waals surface area contributed by atoms with Crippen molar-refractivity contribution < 1.29 is 23.0 Å². The average molecular weight is 462 g/mol. The number of benzene rings is 1. The maximum Gasteiger partial charge on any atom is 0.406 e. The number of imidazole rings is 1. The summed E-state index contributed by atoms with van der Waals surface area (Å²) in [6.07, 6.45) is -1.61. The van der Waals surface area contributed by atoms with Crippen LogP contribution in [0.3, 0.4) is 0 Å². The Bertz CT molecular complexity index is 1130. The van der Waals surface area contributed by atoms with Crippen LogP contribution in [0.1, 0.15) is 24.1 Å². The van der Waals surface area contributed by atoms with Gasteiger partial charge in [-0.05, 0) is 30.5 Å². The molecule has 2 N–H and O–H groups in total. The van der Waals surface area contributed by atoms with Crippen molar-refractivity contribution in [2.45, 2.75) is 44.7 Å². The van der Waals surface area contributed by atoms with Crippen molar-refractivity contribution in [1.29, 1.82) is 0 Å². The molecule has 0 amide bonds. The van der Waals surface area contributed by atoms with E-state index in [4.69, 9.17) is 9.72 Å². The Morgan fingerprint density at radius 3 is 2.55 bits per heavy atom. The van der Waals surface area contributed by atoms with E-state index in [1.54, 1.807) is 12.1 Å². The highest BCUT2D eigenvalue weighted by Crippen LogP contribution is 2.21. The van der Waals surface area contributed by atoms with Crippen LogP contribution in [0.2, 0.25) is 0 Å². The number of aromatic nitrogens is 3. The molecular formula is C23H25F3N4O3. The minimum absolute atomic E-state index is 0.0417. The number of hydrogen-bond acceptors (Lipinski definition) is 5. The van der Waals surface area contributed by atoms with Gasteiger partial charge < -0.3 is 15.2 Å². The number of halogens is 3. The summed E-state index contributed by atoms with van der Waals surface area (Å²) < 4.78 is 44.6. The molecule has 1 aliphatic rings. The van der Waals surface area contributed by atoms with Gasteiger partial charge in [-0.3, -0.25) is 14.1 Å². The van der Waals surface area contributed by atoms with Gasteiger partial charge in [0.05, 0.1) is 24.1 Å². The number of hydrogen-bond donors (Lipinski definition) is 2. The molecule has 0 saturated carbocycles. The zero-order valence-corrected chi connectivity index (χ0v) is 17.9. The molecule has 1 aliphatic heterocycles. The first-order valence-corrected chi connectivity index (χ1v) is 10.7. The Hall–Kier alpha value is -3.11.